The smallest absolute Gasteiger partial charge is 0.438 e. The van der Waals surface area contributed by atoms with Crippen LogP contribution in [0.1, 0.15) is 35.2 Å². The predicted molar refractivity (Wildman–Crippen MR) is 38.9 cm³/mol. The molecule has 0 amide bonds. The molecule has 1 saturated carbocycles. The number of alkyl halides is 3. The van der Waals surface area contributed by atoms with Crippen molar-refractivity contribution in [3.8, 4) is 0 Å². The number of ketones is 1. The lowest BCUT2D eigenvalue weighted by molar-refractivity contribution is -0.0903. The molecular weight excluding hydrogens is 199 g/mol. The summed E-state index contributed by atoms with van der Waals surface area (Å²) in [5.41, 5.74) is 0. The van der Waals surface area contributed by atoms with E-state index in [1.807, 2.05) is 0 Å². The number of aromatic nitrogens is 1. The number of hydrogen-bond donors (Lipinski definition) is 0. The Hall–Kier alpha value is -1.33. The molecule has 76 valence electrons. The summed E-state index contributed by atoms with van der Waals surface area (Å²) in [6, 6.07) is 0. The standard InChI is InChI=1S/C8H6F3NO2/c9-8(10,11)6(13)7-12-3-5(14-7)4-1-2-4/h3-4H,1-2H2. The third-order valence-corrected chi connectivity index (χ3v) is 1.95. The molecule has 0 spiro atoms. The molecule has 6 heteroatoms. The van der Waals surface area contributed by atoms with E-state index in [0.717, 1.165) is 12.8 Å². The molecule has 0 unspecified atom stereocenters. The minimum absolute atomic E-state index is 0.150. The second kappa shape index (κ2) is 2.83. The van der Waals surface area contributed by atoms with Gasteiger partial charge in [0, 0.05) is 5.92 Å². The first-order valence-corrected chi connectivity index (χ1v) is 4.05. The number of carbonyl (C=O) groups is 1. The van der Waals surface area contributed by atoms with Crippen molar-refractivity contribution in [1.82, 2.24) is 4.98 Å². The molecule has 0 bridgehead atoms. The Balaban J connectivity index is 2.20. The molecule has 0 aliphatic heterocycles. The second-order valence-electron chi connectivity index (χ2n) is 3.17. The number of carbonyl (C=O) groups excluding carboxylic acids is 1. The van der Waals surface area contributed by atoms with E-state index in [0.29, 0.717) is 5.76 Å². The first kappa shape index (κ1) is 9.23. The van der Waals surface area contributed by atoms with Gasteiger partial charge in [0.15, 0.2) is 0 Å². The Bertz CT molecular complexity index is 365. The maximum absolute atomic E-state index is 11.9. The third kappa shape index (κ3) is 1.64. The Morgan fingerprint density at radius 2 is 2.14 bits per heavy atom. The topological polar surface area (TPSA) is 43.1 Å². The first-order valence-electron chi connectivity index (χ1n) is 4.05. The average molecular weight is 205 g/mol. The van der Waals surface area contributed by atoms with Gasteiger partial charge in [0.05, 0.1) is 6.20 Å². The monoisotopic (exact) mass is 205 g/mol. The van der Waals surface area contributed by atoms with E-state index < -0.39 is 17.9 Å². The maximum Gasteiger partial charge on any atom is 0.459 e. The van der Waals surface area contributed by atoms with Crippen molar-refractivity contribution >= 4 is 5.78 Å². The van der Waals surface area contributed by atoms with E-state index in [2.05, 4.69) is 4.98 Å². The van der Waals surface area contributed by atoms with Crippen LogP contribution in [0.3, 0.4) is 0 Å². The van der Waals surface area contributed by atoms with Crippen LogP contribution < -0.4 is 0 Å². The molecule has 0 radical (unpaired) electrons. The Morgan fingerprint density at radius 3 is 2.64 bits per heavy atom. The highest BCUT2D eigenvalue weighted by molar-refractivity contribution is 5.96. The van der Waals surface area contributed by atoms with Crippen LogP contribution in [0.2, 0.25) is 0 Å². The molecule has 0 saturated heterocycles. The van der Waals surface area contributed by atoms with E-state index in [4.69, 9.17) is 4.42 Å². The molecule has 0 N–H and O–H groups in total. The number of rotatable bonds is 2. The number of nitrogens with zero attached hydrogens (tertiary/aromatic N) is 1. The SMILES string of the molecule is O=C(c1ncc(C2CC2)o1)C(F)(F)F. The Morgan fingerprint density at radius 1 is 1.50 bits per heavy atom. The molecule has 0 aromatic carbocycles. The molecule has 1 aliphatic rings. The summed E-state index contributed by atoms with van der Waals surface area (Å²) in [6.07, 6.45) is -1.95. The zero-order valence-electron chi connectivity index (χ0n) is 6.97. The molecule has 2 rings (SSSR count). The van der Waals surface area contributed by atoms with Gasteiger partial charge in [-0.3, -0.25) is 4.79 Å². The van der Waals surface area contributed by atoms with Crippen molar-refractivity contribution < 1.29 is 22.4 Å². The van der Waals surface area contributed by atoms with E-state index in [1.165, 1.54) is 6.20 Å². The fourth-order valence-electron chi connectivity index (χ4n) is 1.07. The van der Waals surface area contributed by atoms with Gasteiger partial charge < -0.3 is 4.42 Å². The second-order valence-corrected chi connectivity index (χ2v) is 3.17. The van der Waals surface area contributed by atoms with Gasteiger partial charge in [-0.2, -0.15) is 13.2 Å². The van der Waals surface area contributed by atoms with E-state index in [-0.39, 0.29) is 5.92 Å². The van der Waals surface area contributed by atoms with Crippen LogP contribution >= 0.6 is 0 Å². The lowest BCUT2D eigenvalue weighted by Gasteiger charge is -1.99. The van der Waals surface area contributed by atoms with Crippen molar-refractivity contribution in [2.24, 2.45) is 0 Å². The van der Waals surface area contributed by atoms with E-state index in [9.17, 15) is 18.0 Å². The minimum Gasteiger partial charge on any atom is -0.438 e. The van der Waals surface area contributed by atoms with Crippen LogP contribution in [0, 0.1) is 0 Å². The van der Waals surface area contributed by atoms with Crippen LogP contribution in [0.4, 0.5) is 13.2 Å². The quantitative estimate of drug-likeness (QED) is 0.695. The maximum atomic E-state index is 11.9. The van der Waals surface area contributed by atoms with Gasteiger partial charge in [0.25, 0.3) is 5.89 Å². The van der Waals surface area contributed by atoms with Crippen molar-refractivity contribution in [1.29, 1.82) is 0 Å². The van der Waals surface area contributed by atoms with Crippen molar-refractivity contribution in [3.63, 3.8) is 0 Å². The summed E-state index contributed by atoms with van der Waals surface area (Å²) >= 11 is 0. The lowest BCUT2D eigenvalue weighted by Crippen LogP contribution is -2.22. The van der Waals surface area contributed by atoms with Crippen LogP contribution in [-0.2, 0) is 0 Å². The average Bonchev–Trinajstić information content (AvgIpc) is 2.82. The van der Waals surface area contributed by atoms with Crippen LogP contribution in [0.25, 0.3) is 0 Å². The van der Waals surface area contributed by atoms with E-state index in [1.54, 1.807) is 0 Å². The predicted octanol–water partition coefficient (Wildman–Crippen LogP) is 2.30. The molecule has 1 aromatic heterocycles. The fraction of sp³-hybridized carbons (Fsp3) is 0.500. The van der Waals surface area contributed by atoms with Gasteiger partial charge >= 0.3 is 12.0 Å². The molecule has 1 aliphatic carbocycles. The van der Waals surface area contributed by atoms with E-state index >= 15 is 0 Å². The van der Waals surface area contributed by atoms with Gasteiger partial charge in [-0.05, 0) is 12.8 Å². The number of hydrogen-bond acceptors (Lipinski definition) is 3. The zero-order valence-corrected chi connectivity index (χ0v) is 6.97. The first-order chi connectivity index (χ1) is 6.48. The highest BCUT2D eigenvalue weighted by Gasteiger charge is 2.43. The largest absolute Gasteiger partial charge is 0.459 e. The Kier molecular flexibility index (Phi) is 1.87. The number of oxazole rings is 1. The summed E-state index contributed by atoms with van der Waals surface area (Å²) in [6.45, 7) is 0. The van der Waals surface area contributed by atoms with Crippen LogP contribution in [-0.4, -0.2) is 16.9 Å². The van der Waals surface area contributed by atoms with Gasteiger partial charge in [-0.25, -0.2) is 4.98 Å². The Labute approximate surface area is 76.9 Å². The number of halogens is 3. The van der Waals surface area contributed by atoms with Gasteiger partial charge in [-0.15, -0.1) is 0 Å². The minimum atomic E-state index is -4.91. The lowest BCUT2D eigenvalue weighted by atomic mass is 10.3. The fourth-order valence-corrected chi connectivity index (χ4v) is 1.07. The van der Waals surface area contributed by atoms with Crippen LogP contribution in [0.15, 0.2) is 10.6 Å². The summed E-state index contributed by atoms with van der Waals surface area (Å²) in [5.74, 6) is -2.36. The zero-order chi connectivity index (χ0) is 10.3. The van der Waals surface area contributed by atoms with Crippen molar-refractivity contribution in [2.75, 3.05) is 0 Å². The molecule has 1 aromatic rings. The summed E-state index contributed by atoms with van der Waals surface area (Å²) < 4.78 is 40.4. The summed E-state index contributed by atoms with van der Waals surface area (Å²) in [7, 11) is 0. The van der Waals surface area contributed by atoms with Gasteiger partial charge in [0.1, 0.15) is 5.76 Å². The highest BCUT2D eigenvalue weighted by atomic mass is 19.4. The van der Waals surface area contributed by atoms with Gasteiger partial charge in [-0.1, -0.05) is 0 Å². The molecule has 14 heavy (non-hydrogen) atoms. The van der Waals surface area contributed by atoms with Gasteiger partial charge in [0.2, 0.25) is 0 Å². The molecule has 1 fully saturated rings. The molecule has 3 nitrogen and oxygen atoms in total. The molecule has 0 atom stereocenters. The van der Waals surface area contributed by atoms with Crippen molar-refractivity contribution in [3.05, 3.63) is 17.8 Å². The van der Waals surface area contributed by atoms with Crippen LogP contribution in [0.5, 0.6) is 0 Å². The van der Waals surface area contributed by atoms with Crippen molar-refractivity contribution in [2.45, 2.75) is 24.9 Å². The highest BCUT2D eigenvalue weighted by Crippen LogP contribution is 2.40. The molecule has 1 heterocycles. The summed E-state index contributed by atoms with van der Waals surface area (Å²) in [4.78, 5) is 13.9. The normalized spacial score (nSPS) is 17.1. The third-order valence-electron chi connectivity index (χ3n) is 1.95. The number of Topliss-reactive ketones (excluding diaryl/α,β-unsaturated/α-hetero) is 1. The summed E-state index contributed by atoms with van der Waals surface area (Å²) in [5, 5.41) is 0. The molecular formula is C8H6F3NO2.